The van der Waals surface area contributed by atoms with Crippen LogP contribution in [0.1, 0.15) is 37.4 Å². The van der Waals surface area contributed by atoms with E-state index in [-0.39, 0.29) is 11.2 Å². The Morgan fingerprint density at radius 3 is 2.45 bits per heavy atom. The van der Waals surface area contributed by atoms with Crippen LogP contribution in [0.25, 0.3) is 0 Å². The van der Waals surface area contributed by atoms with Crippen molar-refractivity contribution in [3.05, 3.63) is 41.7 Å². The average Bonchev–Trinajstić information content (AvgIpc) is 3.02. The van der Waals surface area contributed by atoms with E-state index in [4.69, 9.17) is 0 Å². The van der Waals surface area contributed by atoms with E-state index in [9.17, 15) is 4.79 Å². The molecule has 1 heterocycles. The summed E-state index contributed by atoms with van der Waals surface area (Å²) in [6.07, 6.45) is 0.799. The highest BCUT2D eigenvalue weighted by Gasteiger charge is 2.27. The van der Waals surface area contributed by atoms with E-state index in [1.165, 1.54) is 11.8 Å². The summed E-state index contributed by atoms with van der Waals surface area (Å²) < 4.78 is 0. The lowest BCUT2D eigenvalue weighted by molar-refractivity contribution is -0.130. The molecule has 1 unspecified atom stereocenters. The number of likely N-dealkylation sites (N-methyl/N-ethyl adjacent to an activating group) is 1. The van der Waals surface area contributed by atoms with Crippen molar-refractivity contribution in [1.29, 1.82) is 0 Å². The number of aromatic amines is 1. The highest BCUT2D eigenvalue weighted by molar-refractivity contribution is 8.00. The summed E-state index contributed by atoms with van der Waals surface area (Å²) in [4.78, 5) is 19.1. The zero-order chi connectivity index (χ0) is 15.9. The van der Waals surface area contributed by atoms with Crippen molar-refractivity contribution in [2.24, 2.45) is 0 Å². The molecule has 1 N–H and O–H groups in total. The van der Waals surface area contributed by atoms with Crippen molar-refractivity contribution < 1.29 is 4.79 Å². The second-order valence-electron chi connectivity index (χ2n) is 4.84. The zero-order valence-electron chi connectivity index (χ0n) is 13.2. The minimum absolute atomic E-state index is 0.101. The highest BCUT2D eigenvalue weighted by atomic mass is 32.2. The Morgan fingerprint density at radius 1 is 1.23 bits per heavy atom. The first kappa shape index (κ1) is 16.5. The van der Waals surface area contributed by atoms with Crippen LogP contribution in [0.2, 0.25) is 0 Å². The largest absolute Gasteiger partial charge is 0.342 e. The number of hydrogen-bond acceptors (Lipinski definition) is 4. The number of aryl methyl sites for hydroxylation is 1. The molecular formula is C16H22N4OS. The van der Waals surface area contributed by atoms with Crippen molar-refractivity contribution in [3.8, 4) is 0 Å². The lowest BCUT2D eigenvalue weighted by Crippen LogP contribution is -2.33. The molecule has 2 rings (SSSR count). The predicted molar refractivity (Wildman–Crippen MR) is 88.7 cm³/mol. The molecule has 1 amide bonds. The van der Waals surface area contributed by atoms with Crippen LogP contribution in [-0.4, -0.2) is 39.1 Å². The molecule has 0 aliphatic rings. The van der Waals surface area contributed by atoms with Gasteiger partial charge in [-0.3, -0.25) is 9.89 Å². The van der Waals surface area contributed by atoms with Gasteiger partial charge in [0.15, 0.2) is 0 Å². The fraction of sp³-hybridized carbons (Fsp3) is 0.438. The monoisotopic (exact) mass is 318 g/mol. The van der Waals surface area contributed by atoms with Gasteiger partial charge in [0.2, 0.25) is 11.1 Å². The van der Waals surface area contributed by atoms with Gasteiger partial charge in [0.05, 0.1) is 0 Å². The van der Waals surface area contributed by atoms with Crippen molar-refractivity contribution in [3.63, 3.8) is 0 Å². The van der Waals surface area contributed by atoms with E-state index in [0.717, 1.165) is 17.8 Å². The SMILES string of the molecule is CCc1nc(SC(C(=O)N(CC)CC)c2ccccc2)n[nH]1. The zero-order valence-corrected chi connectivity index (χ0v) is 14.1. The van der Waals surface area contributed by atoms with Gasteiger partial charge in [0, 0.05) is 19.5 Å². The molecule has 0 fully saturated rings. The van der Waals surface area contributed by atoms with Crippen molar-refractivity contribution >= 4 is 17.7 Å². The minimum atomic E-state index is -0.318. The number of carbonyl (C=O) groups excluding carboxylic acids is 1. The van der Waals surface area contributed by atoms with Crippen molar-refractivity contribution in [1.82, 2.24) is 20.1 Å². The summed E-state index contributed by atoms with van der Waals surface area (Å²) in [5, 5.41) is 7.40. The number of amides is 1. The standard InChI is InChI=1S/C16H22N4OS/c1-4-13-17-16(19-18-13)22-14(12-10-8-7-9-11-12)15(21)20(5-2)6-3/h7-11,14H,4-6H2,1-3H3,(H,17,18,19). The fourth-order valence-electron chi connectivity index (χ4n) is 2.18. The maximum atomic E-state index is 12.8. The molecule has 0 aliphatic heterocycles. The normalized spacial score (nSPS) is 12.1. The molecule has 1 aromatic carbocycles. The Bertz CT molecular complexity index is 595. The highest BCUT2D eigenvalue weighted by Crippen LogP contribution is 2.34. The second-order valence-corrected chi connectivity index (χ2v) is 5.91. The van der Waals surface area contributed by atoms with E-state index in [2.05, 4.69) is 15.2 Å². The lowest BCUT2D eigenvalue weighted by atomic mass is 10.1. The van der Waals surface area contributed by atoms with E-state index in [0.29, 0.717) is 18.2 Å². The summed E-state index contributed by atoms with van der Waals surface area (Å²) in [5.41, 5.74) is 0.979. The predicted octanol–water partition coefficient (Wildman–Crippen LogP) is 3.07. The van der Waals surface area contributed by atoms with Gasteiger partial charge in [-0.1, -0.05) is 49.0 Å². The van der Waals surface area contributed by atoms with Crippen LogP contribution < -0.4 is 0 Å². The van der Waals surface area contributed by atoms with Crippen LogP contribution in [0.3, 0.4) is 0 Å². The molecule has 0 aliphatic carbocycles. The third-order valence-electron chi connectivity index (χ3n) is 3.47. The summed E-state index contributed by atoms with van der Waals surface area (Å²) >= 11 is 1.40. The van der Waals surface area contributed by atoms with Gasteiger partial charge >= 0.3 is 0 Å². The molecule has 0 spiro atoms. The topological polar surface area (TPSA) is 61.9 Å². The van der Waals surface area contributed by atoms with Gasteiger partial charge in [-0.15, -0.1) is 5.10 Å². The summed E-state index contributed by atoms with van der Waals surface area (Å²) in [5.74, 6) is 0.939. The molecule has 0 saturated carbocycles. The molecule has 1 aromatic heterocycles. The number of benzene rings is 1. The number of carbonyl (C=O) groups is 1. The van der Waals surface area contributed by atoms with Crippen molar-refractivity contribution in [2.75, 3.05) is 13.1 Å². The quantitative estimate of drug-likeness (QED) is 0.797. The van der Waals surface area contributed by atoms with Gasteiger partial charge in [0.1, 0.15) is 11.1 Å². The Morgan fingerprint density at radius 2 is 1.91 bits per heavy atom. The van der Waals surface area contributed by atoms with Crippen LogP contribution in [0.5, 0.6) is 0 Å². The van der Waals surface area contributed by atoms with Crippen LogP contribution in [-0.2, 0) is 11.2 Å². The first-order valence-electron chi connectivity index (χ1n) is 7.61. The molecule has 0 bridgehead atoms. The summed E-state index contributed by atoms with van der Waals surface area (Å²) in [7, 11) is 0. The molecule has 1 atom stereocenters. The third-order valence-corrected chi connectivity index (χ3v) is 4.57. The van der Waals surface area contributed by atoms with E-state index in [1.54, 1.807) is 0 Å². The maximum absolute atomic E-state index is 12.8. The maximum Gasteiger partial charge on any atom is 0.240 e. The van der Waals surface area contributed by atoms with Crippen molar-refractivity contribution in [2.45, 2.75) is 37.6 Å². The molecule has 2 aromatic rings. The Labute approximate surface area is 135 Å². The number of aromatic nitrogens is 3. The van der Waals surface area contributed by atoms with Gasteiger partial charge < -0.3 is 4.90 Å². The summed E-state index contributed by atoms with van der Waals surface area (Å²) in [6.45, 7) is 7.41. The third kappa shape index (κ3) is 3.88. The number of rotatable bonds is 7. The van der Waals surface area contributed by atoms with Gasteiger partial charge in [-0.2, -0.15) is 0 Å². The first-order chi connectivity index (χ1) is 10.7. The first-order valence-corrected chi connectivity index (χ1v) is 8.49. The molecule has 0 radical (unpaired) electrons. The minimum Gasteiger partial charge on any atom is -0.342 e. The van der Waals surface area contributed by atoms with Crippen LogP contribution in [0.4, 0.5) is 0 Å². The molecule has 22 heavy (non-hydrogen) atoms. The average molecular weight is 318 g/mol. The Kier molecular flexibility index (Phi) is 6.00. The van der Waals surface area contributed by atoms with Crippen LogP contribution in [0, 0.1) is 0 Å². The van der Waals surface area contributed by atoms with Gasteiger partial charge in [-0.25, -0.2) is 4.98 Å². The number of nitrogens with one attached hydrogen (secondary N) is 1. The smallest absolute Gasteiger partial charge is 0.240 e. The molecule has 6 heteroatoms. The number of hydrogen-bond donors (Lipinski definition) is 1. The number of H-pyrrole nitrogens is 1. The number of thioether (sulfide) groups is 1. The molecule has 0 saturated heterocycles. The Hall–Kier alpha value is -1.82. The lowest BCUT2D eigenvalue weighted by Gasteiger charge is -2.24. The van der Waals surface area contributed by atoms with Crippen LogP contribution in [0.15, 0.2) is 35.5 Å². The van der Waals surface area contributed by atoms with Crippen LogP contribution >= 0.6 is 11.8 Å². The van der Waals surface area contributed by atoms with E-state index < -0.39 is 0 Å². The van der Waals surface area contributed by atoms with Gasteiger partial charge in [0.25, 0.3) is 0 Å². The Balaban J connectivity index is 2.27. The molecule has 118 valence electrons. The van der Waals surface area contributed by atoms with Gasteiger partial charge in [-0.05, 0) is 19.4 Å². The molecule has 5 nitrogen and oxygen atoms in total. The second kappa shape index (κ2) is 7.98. The number of nitrogens with zero attached hydrogens (tertiary/aromatic N) is 3. The molecular weight excluding hydrogens is 296 g/mol. The summed E-state index contributed by atoms with van der Waals surface area (Å²) in [6, 6.07) is 9.82. The fourth-order valence-corrected chi connectivity index (χ4v) is 3.20. The van der Waals surface area contributed by atoms with E-state index in [1.807, 2.05) is 56.0 Å². The van der Waals surface area contributed by atoms with E-state index >= 15 is 0 Å².